The van der Waals surface area contributed by atoms with Crippen LogP contribution in [0.2, 0.25) is 0 Å². The molecule has 0 rings (SSSR count). The molecule has 0 spiro atoms. The molecule has 0 aromatic carbocycles. The van der Waals surface area contributed by atoms with Gasteiger partial charge in [-0.15, -0.1) is 0 Å². The summed E-state index contributed by atoms with van der Waals surface area (Å²) in [6.07, 6.45) is 6.93. The Morgan fingerprint density at radius 2 is 1.70 bits per heavy atom. The van der Waals surface area contributed by atoms with Crippen LogP contribution in [-0.2, 0) is 0 Å². The number of nitrogens with one attached hydrogen (secondary N) is 1. The maximum atomic E-state index is 7.47. The molecule has 1 nitrogen and oxygen atoms in total. The Bertz CT molecular complexity index is 86.7. The van der Waals surface area contributed by atoms with Crippen LogP contribution in [0.3, 0.4) is 0 Å². The number of hydrogen-bond donors (Lipinski definition) is 1. The Morgan fingerprint density at radius 3 is 2.20 bits per heavy atom. The third kappa shape index (κ3) is 5.80. The van der Waals surface area contributed by atoms with Gasteiger partial charge in [-0.2, -0.15) is 0 Å². The predicted molar refractivity (Wildman–Crippen MR) is 46.8 cm³/mol. The highest BCUT2D eigenvalue weighted by Gasteiger charge is 1.93. The van der Waals surface area contributed by atoms with Gasteiger partial charge in [0.1, 0.15) is 0 Å². The molecule has 0 saturated carbocycles. The van der Waals surface area contributed by atoms with E-state index < -0.39 is 0 Å². The van der Waals surface area contributed by atoms with E-state index in [-0.39, 0.29) is 0 Å². The zero-order valence-corrected chi connectivity index (χ0v) is 7.24. The Balaban J connectivity index is 3.05. The average molecular weight is 141 g/mol. The highest BCUT2D eigenvalue weighted by molar-refractivity contribution is 5.81. The normalized spacial score (nSPS) is 9.80. The van der Waals surface area contributed by atoms with E-state index in [0.717, 1.165) is 25.0 Å². The molecule has 0 radical (unpaired) electrons. The molecule has 0 aliphatic rings. The van der Waals surface area contributed by atoms with Gasteiger partial charge in [0.05, 0.1) is 0 Å². The summed E-state index contributed by atoms with van der Waals surface area (Å²) in [5.41, 5.74) is 0.941. The lowest BCUT2D eigenvalue weighted by Gasteiger charge is -1.99. The van der Waals surface area contributed by atoms with E-state index in [0.29, 0.717) is 0 Å². The van der Waals surface area contributed by atoms with Crippen molar-refractivity contribution in [3.05, 3.63) is 0 Å². The van der Waals surface area contributed by atoms with Gasteiger partial charge < -0.3 is 5.41 Å². The van der Waals surface area contributed by atoms with Crippen LogP contribution in [0.25, 0.3) is 0 Å². The van der Waals surface area contributed by atoms with Crippen LogP contribution in [0.4, 0.5) is 0 Å². The van der Waals surface area contributed by atoms with Gasteiger partial charge in [0, 0.05) is 5.71 Å². The van der Waals surface area contributed by atoms with Crippen molar-refractivity contribution in [3.63, 3.8) is 0 Å². The van der Waals surface area contributed by atoms with E-state index in [1.54, 1.807) is 0 Å². The first kappa shape index (κ1) is 9.67. The molecule has 60 valence electrons. The minimum atomic E-state index is 0.941. The summed E-state index contributed by atoms with van der Waals surface area (Å²) in [7, 11) is 0. The molecule has 0 aliphatic carbocycles. The van der Waals surface area contributed by atoms with Gasteiger partial charge in [0.25, 0.3) is 0 Å². The molecule has 0 amide bonds. The van der Waals surface area contributed by atoms with Crippen molar-refractivity contribution in [1.29, 1.82) is 5.41 Å². The Hall–Kier alpha value is -0.330. The van der Waals surface area contributed by atoms with Gasteiger partial charge in [0.15, 0.2) is 0 Å². The average Bonchev–Trinajstić information content (AvgIpc) is 1.89. The lowest BCUT2D eigenvalue weighted by Crippen LogP contribution is -1.94. The standard InChI is InChI=1S/C9H19N/c1-3-5-6-8-9(10)7-4-2/h10H,3-8H2,1-2H3. The summed E-state index contributed by atoms with van der Waals surface area (Å²) in [5, 5.41) is 7.47. The molecular formula is C9H19N. The number of unbranched alkanes of at least 4 members (excludes halogenated alkanes) is 2. The van der Waals surface area contributed by atoms with Crippen molar-refractivity contribution in [3.8, 4) is 0 Å². The predicted octanol–water partition coefficient (Wildman–Crippen LogP) is 3.39. The van der Waals surface area contributed by atoms with Crippen molar-refractivity contribution in [1.82, 2.24) is 0 Å². The third-order valence-electron chi connectivity index (χ3n) is 1.63. The second kappa shape index (κ2) is 6.79. The fourth-order valence-electron chi connectivity index (χ4n) is 1.02. The van der Waals surface area contributed by atoms with E-state index >= 15 is 0 Å². The van der Waals surface area contributed by atoms with Gasteiger partial charge in [-0.05, 0) is 19.3 Å². The molecule has 0 bridgehead atoms. The van der Waals surface area contributed by atoms with Crippen molar-refractivity contribution in [2.24, 2.45) is 0 Å². The van der Waals surface area contributed by atoms with E-state index in [1.807, 2.05) is 0 Å². The maximum Gasteiger partial charge on any atom is 0.00890 e. The molecular weight excluding hydrogens is 122 g/mol. The maximum absolute atomic E-state index is 7.47. The largest absolute Gasteiger partial charge is 0.310 e. The van der Waals surface area contributed by atoms with E-state index in [2.05, 4.69) is 13.8 Å². The molecule has 0 unspecified atom stereocenters. The summed E-state index contributed by atoms with van der Waals surface area (Å²) in [6.45, 7) is 4.33. The van der Waals surface area contributed by atoms with Gasteiger partial charge >= 0.3 is 0 Å². The second-order valence-corrected chi connectivity index (χ2v) is 2.81. The summed E-state index contributed by atoms with van der Waals surface area (Å²) in [6, 6.07) is 0. The number of rotatable bonds is 6. The van der Waals surface area contributed by atoms with Crippen LogP contribution >= 0.6 is 0 Å². The molecule has 0 heterocycles. The summed E-state index contributed by atoms with van der Waals surface area (Å²) in [5.74, 6) is 0. The zero-order chi connectivity index (χ0) is 7.82. The number of hydrogen-bond acceptors (Lipinski definition) is 1. The summed E-state index contributed by atoms with van der Waals surface area (Å²) >= 11 is 0. The van der Waals surface area contributed by atoms with Crippen LogP contribution in [0, 0.1) is 5.41 Å². The first-order chi connectivity index (χ1) is 4.81. The zero-order valence-electron chi connectivity index (χ0n) is 7.24. The van der Waals surface area contributed by atoms with E-state index in [9.17, 15) is 0 Å². The van der Waals surface area contributed by atoms with Gasteiger partial charge in [-0.1, -0.05) is 33.1 Å². The molecule has 10 heavy (non-hydrogen) atoms. The van der Waals surface area contributed by atoms with E-state index in [4.69, 9.17) is 5.41 Å². The van der Waals surface area contributed by atoms with Crippen LogP contribution in [0.5, 0.6) is 0 Å². The highest BCUT2D eigenvalue weighted by atomic mass is 14.4. The Labute approximate surface area is 64.3 Å². The highest BCUT2D eigenvalue weighted by Crippen LogP contribution is 2.03. The monoisotopic (exact) mass is 141 g/mol. The van der Waals surface area contributed by atoms with Gasteiger partial charge in [-0.3, -0.25) is 0 Å². The first-order valence-electron chi connectivity index (χ1n) is 4.37. The van der Waals surface area contributed by atoms with Crippen molar-refractivity contribution >= 4 is 5.71 Å². The molecule has 0 aromatic rings. The quantitative estimate of drug-likeness (QED) is 0.433. The molecule has 1 heteroatoms. The molecule has 0 fully saturated rings. The van der Waals surface area contributed by atoms with Crippen LogP contribution in [-0.4, -0.2) is 5.71 Å². The van der Waals surface area contributed by atoms with Crippen molar-refractivity contribution in [2.45, 2.75) is 52.4 Å². The molecule has 1 N–H and O–H groups in total. The lowest BCUT2D eigenvalue weighted by molar-refractivity contribution is 0.732. The van der Waals surface area contributed by atoms with Crippen LogP contribution < -0.4 is 0 Å². The van der Waals surface area contributed by atoms with E-state index in [1.165, 1.54) is 19.3 Å². The summed E-state index contributed by atoms with van der Waals surface area (Å²) < 4.78 is 0. The SMILES string of the molecule is CCCCCC(=N)CCC. The van der Waals surface area contributed by atoms with Crippen LogP contribution in [0.1, 0.15) is 52.4 Å². The van der Waals surface area contributed by atoms with Gasteiger partial charge in [-0.25, -0.2) is 0 Å². The fraction of sp³-hybridized carbons (Fsp3) is 0.889. The lowest BCUT2D eigenvalue weighted by atomic mass is 10.1. The smallest absolute Gasteiger partial charge is 0.00890 e. The minimum absolute atomic E-state index is 0.941. The fourth-order valence-corrected chi connectivity index (χ4v) is 1.02. The second-order valence-electron chi connectivity index (χ2n) is 2.81. The minimum Gasteiger partial charge on any atom is -0.310 e. The molecule has 0 aliphatic heterocycles. The molecule has 0 saturated heterocycles. The Kier molecular flexibility index (Phi) is 6.56. The topological polar surface area (TPSA) is 23.9 Å². The Morgan fingerprint density at radius 1 is 1.00 bits per heavy atom. The van der Waals surface area contributed by atoms with Crippen molar-refractivity contribution in [2.75, 3.05) is 0 Å². The summed E-state index contributed by atoms with van der Waals surface area (Å²) in [4.78, 5) is 0. The van der Waals surface area contributed by atoms with Crippen LogP contribution in [0.15, 0.2) is 0 Å². The third-order valence-corrected chi connectivity index (χ3v) is 1.63. The first-order valence-corrected chi connectivity index (χ1v) is 4.37. The van der Waals surface area contributed by atoms with Gasteiger partial charge in [0.2, 0.25) is 0 Å². The van der Waals surface area contributed by atoms with Crippen molar-refractivity contribution < 1.29 is 0 Å². The molecule has 0 aromatic heterocycles. The molecule has 0 atom stereocenters.